The molecule has 1 aromatic carbocycles. The van der Waals surface area contributed by atoms with Crippen molar-refractivity contribution < 1.29 is 4.74 Å². The summed E-state index contributed by atoms with van der Waals surface area (Å²) in [6, 6.07) is 8.48. The van der Waals surface area contributed by atoms with Crippen LogP contribution in [0.1, 0.15) is 37.7 Å². The highest BCUT2D eigenvalue weighted by atomic mass is 79.9. The van der Waals surface area contributed by atoms with Crippen molar-refractivity contribution in [3.05, 3.63) is 29.8 Å². The molecule has 0 heterocycles. The van der Waals surface area contributed by atoms with E-state index in [0.717, 1.165) is 11.1 Å². The Morgan fingerprint density at radius 3 is 2.50 bits per heavy atom. The van der Waals surface area contributed by atoms with E-state index in [0.29, 0.717) is 5.41 Å². The maximum Gasteiger partial charge on any atom is 0.122 e. The van der Waals surface area contributed by atoms with Crippen LogP contribution >= 0.6 is 15.9 Å². The Kier molecular flexibility index (Phi) is 3.91. The van der Waals surface area contributed by atoms with E-state index in [4.69, 9.17) is 4.74 Å². The third-order valence-corrected chi connectivity index (χ3v) is 4.82. The molecule has 0 aromatic heterocycles. The zero-order valence-electron chi connectivity index (χ0n) is 9.84. The number of rotatable bonds is 3. The maximum atomic E-state index is 5.50. The summed E-state index contributed by atoms with van der Waals surface area (Å²) in [7, 11) is 1.77. The van der Waals surface area contributed by atoms with Gasteiger partial charge in [-0.1, -0.05) is 53.4 Å². The molecule has 2 rings (SSSR count). The number of methoxy groups -OCH3 is 1. The molecule has 0 bridgehead atoms. The summed E-state index contributed by atoms with van der Waals surface area (Å²) in [5, 5.41) is 1.04. The molecule has 1 nitrogen and oxygen atoms in total. The summed E-state index contributed by atoms with van der Waals surface area (Å²) in [4.78, 5) is 0. The van der Waals surface area contributed by atoms with Crippen molar-refractivity contribution in [1.29, 1.82) is 0 Å². The van der Waals surface area contributed by atoms with Gasteiger partial charge in [0.1, 0.15) is 5.75 Å². The number of halogens is 1. The number of ether oxygens (including phenoxy) is 1. The average molecular weight is 283 g/mol. The second-order valence-corrected chi connectivity index (χ2v) is 5.24. The first-order valence-electron chi connectivity index (χ1n) is 6.02. The van der Waals surface area contributed by atoms with Gasteiger partial charge in [0.25, 0.3) is 0 Å². The summed E-state index contributed by atoms with van der Waals surface area (Å²) in [6.07, 6.45) is 6.61. The fourth-order valence-electron chi connectivity index (χ4n) is 2.79. The molecule has 2 heteroatoms. The van der Waals surface area contributed by atoms with E-state index < -0.39 is 0 Å². The van der Waals surface area contributed by atoms with E-state index in [1.54, 1.807) is 7.11 Å². The Morgan fingerprint density at radius 2 is 1.88 bits per heavy atom. The van der Waals surface area contributed by atoms with Gasteiger partial charge in [-0.2, -0.15) is 0 Å². The van der Waals surface area contributed by atoms with Gasteiger partial charge < -0.3 is 4.74 Å². The minimum absolute atomic E-state index is 0.296. The van der Waals surface area contributed by atoms with Crippen molar-refractivity contribution in [2.24, 2.45) is 0 Å². The molecule has 0 aliphatic heterocycles. The van der Waals surface area contributed by atoms with Crippen LogP contribution < -0.4 is 4.74 Å². The number of hydrogen-bond donors (Lipinski definition) is 0. The van der Waals surface area contributed by atoms with Crippen molar-refractivity contribution >= 4 is 15.9 Å². The number of para-hydroxylation sites is 1. The first-order chi connectivity index (χ1) is 7.82. The van der Waals surface area contributed by atoms with Crippen LogP contribution in [0.25, 0.3) is 0 Å². The molecule has 0 spiro atoms. The highest BCUT2D eigenvalue weighted by Crippen LogP contribution is 2.44. The third kappa shape index (κ3) is 2.13. The lowest BCUT2D eigenvalue weighted by molar-refractivity contribution is 0.311. The first-order valence-corrected chi connectivity index (χ1v) is 7.14. The smallest absolute Gasteiger partial charge is 0.122 e. The molecule has 1 aliphatic rings. The Bertz CT molecular complexity index is 342. The Labute approximate surface area is 106 Å². The molecule has 0 radical (unpaired) electrons. The molecule has 1 aromatic rings. The van der Waals surface area contributed by atoms with Crippen LogP contribution in [0.4, 0.5) is 0 Å². The van der Waals surface area contributed by atoms with Gasteiger partial charge in [-0.05, 0) is 18.9 Å². The van der Waals surface area contributed by atoms with E-state index in [2.05, 4.69) is 34.1 Å². The summed E-state index contributed by atoms with van der Waals surface area (Å²) < 4.78 is 5.50. The molecule has 1 saturated carbocycles. The van der Waals surface area contributed by atoms with Crippen LogP contribution in [0, 0.1) is 0 Å². The number of hydrogen-bond acceptors (Lipinski definition) is 1. The van der Waals surface area contributed by atoms with Gasteiger partial charge in [0.05, 0.1) is 7.11 Å². The predicted octanol–water partition coefficient (Wildman–Crippen LogP) is 4.29. The summed E-state index contributed by atoms with van der Waals surface area (Å²) >= 11 is 3.71. The van der Waals surface area contributed by atoms with Gasteiger partial charge in [0.15, 0.2) is 0 Å². The van der Waals surface area contributed by atoms with Crippen molar-refractivity contribution in [3.8, 4) is 5.75 Å². The Morgan fingerprint density at radius 1 is 1.19 bits per heavy atom. The highest BCUT2D eigenvalue weighted by molar-refractivity contribution is 9.09. The lowest BCUT2D eigenvalue weighted by Crippen LogP contribution is -2.31. The van der Waals surface area contributed by atoms with Gasteiger partial charge in [0, 0.05) is 16.3 Å². The van der Waals surface area contributed by atoms with Crippen molar-refractivity contribution in [2.45, 2.75) is 37.5 Å². The monoisotopic (exact) mass is 282 g/mol. The molecular weight excluding hydrogens is 264 g/mol. The van der Waals surface area contributed by atoms with Gasteiger partial charge in [-0.25, -0.2) is 0 Å². The van der Waals surface area contributed by atoms with E-state index in [9.17, 15) is 0 Å². The minimum Gasteiger partial charge on any atom is -0.496 e. The largest absolute Gasteiger partial charge is 0.496 e. The fourth-order valence-corrected chi connectivity index (χ4v) is 3.65. The summed E-state index contributed by atoms with van der Waals surface area (Å²) in [5.41, 5.74) is 1.68. The van der Waals surface area contributed by atoms with Crippen LogP contribution in [0.15, 0.2) is 24.3 Å². The fraction of sp³-hybridized carbons (Fsp3) is 0.571. The minimum atomic E-state index is 0.296. The SMILES string of the molecule is COc1ccccc1C1(CBr)CCCCC1. The van der Waals surface area contributed by atoms with Crippen LogP contribution in [-0.4, -0.2) is 12.4 Å². The van der Waals surface area contributed by atoms with Gasteiger partial charge in [-0.15, -0.1) is 0 Å². The van der Waals surface area contributed by atoms with Crippen molar-refractivity contribution in [2.75, 3.05) is 12.4 Å². The molecule has 88 valence electrons. The molecule has 1 fully saturated rings. The molecule has 0 amide bonds. The highest BCUT2D eigenvalue weighted by Gasteiger charge is 2.34. The van der Waals surface area contributed by atoms with Gasteiger partial charge in [0.2, 0.25) is 0 Å². The van der Waals surface area contributed by atoms with Crippen LogP contribution in [0.2, 0.25) is 0 Å². The molecule has 0 N–H and O–H groups in total. The van der Waals surface area contributed by atoms with Crippen molar-refractivity contribution in [3.63, 3.8) is 0 Å². The van der Waals surface area contributed by atoms with E-state index in [-0.39, 0.29) is 0 Å². The van der Waals surface area contributed by atoms with E-state index in [1.165, 1.54) is 37.7 Å². The lowest BCUT2D eigenvalue weighted by atomic mass is 9.70. The normalized spacial score (nSPS) is 19.4. The average Bonchev–Trinajstić information content (AvgIpc) is 2.39. The van der Waals surface area contributed by atoms with Crippen LogP contribution in [-0.2, 0) is 5.41 Å². The molecule has 0 atom stereocenters. The van der Waals surface area contributed by atoms with Crippen molar-refractivity contribution in [1.82, 2.24) is 0 Å². The molecule has 0 unspecified atom stereocenters. The molecular formula is C14H19BrO. The second-order valence-electron chi connectivity index (χ2n) is 4.67. The summed E-state index contributed by atoms with van der Waals surface area (Å²) in [6.45, 7) is 0. The lowest BCUT2D eigenvalue weighted by Gasteiger charge is -2.37. The molecule has 16 heavy (non-hydrogen) atoms. The molecule has 0 saturated heterocycles. The quantitative estimate of drug-likeness (QED) is 0.752. The van der Waals surface area contributed by atoms with Gasteiger partial charge >= 0.3 is 0 Å². The van der Waals surface area contributed by atoms with Crippen LogP contribution in [0.5, 0.6) is 5.75 Å². The first kappa shape index (κ1) is 12.0. The standard InChI is InChI=1S/C14H19BrO/c1-16-13-8-4-3-7-12(13)14(11-15)9-5-2-6-10-14/h3-4,7-8H,2,5-6,9-11H2,1H3. The second kappa shape index (κ2) is 5.22. The Hall–Kier alpha value is -0.500. The Balaban J connectivity index is 2.38. The zero-order chi connectivity index (χ0) is 11.4. The summed E-state index contributed by atoms with van der Waals surface area (Å²) in [5.74, 6) is 1.05. The van der Waals surface area contributed by atoms with Gasteiger partial charge in [-0.3, -0.25) is 0 Å². The third-order valence-electron chi connectivity index (χ3n) is 3.74. The topological polar surface area (TPSA) is 9.23 Å². The van der Waals surface area contributed by atoms with E-state index >= 15 is 0 Å². The van der Waals surface area contributed by atoms with Crippen LogP contribution in [0.3, 0.4) is 0 Å². The molecule has 1 aliphatic carbocycles. The zero-order valence-corrected chi connectivity index (χ0v) is 11.4. The maximum absolute atomic E-state index is 5.50. The number of alkyl halides is 1. The van der Waals surface area contributed by atoms with E-state index in [1.807, 2.05) is 6.07 Å². The predicted molar refractivity (Wildman–Crippen MR) is 71.6 cm³/mol. The number of benzene rings is 1.